The number of alkyl halides is 3. The first-order valence-corrected chi connectivity index (χ1v) is 10.2. The lowest BCUT2D eigenvalue weighted by Gasteiger charge is -2.17. The van der Waals surface area contributed by atoms with Crippen molar-refractivity contribution >= 4 is 5.91 Å². The maximum Gasteiger partial charge on any atom is 0.416 e. The summed E-state index contributed by atoms with van der Waals surface area (Å²) in [6, 6.07) is 12.3. The minimum absolute atomic E-state index is 0.0661. The molecule has 0 bridgehead atoms. The molecule has 0 N–H and O–H groups in total. The van der Waals surface area contributed by atoms with E-state index in [1.807, 2.05) is 38.1 Å². The number of ether oxygens (including phenoxy) is 1. The molecule has 1 fully saturated rings. The van der Waals surface area contributed by atoms with Crippen LogP contribution in [0.25, 0.3) is 11.4 Å². The van der Waals surface area contributed by atoms with Gasteiger partial charge in [0.05, 0.1) is 17.6 Å². The summed E-state index contributed by atoms with van der Waals surface area (Å²) in [5.41, 5.74) is 0.439. The fourth-order valence-electron chi connectivity index (χ4n) is 3.63. The minimum Gasteiger partial charge on any atom is -0.491 e. The summed E-state index contributed by atoms with van der Waals surface area (Å²) in [6.45, 7) is 4.28. The molecule has 1 saturated heterocycles. The molecule has 9 heteroatoms. The van der Waals surface area contributed by atoms with Crippen LogP contribution in [0.3, 0.4) is 0 Å². The van der Waals surface area contributed by atoms with Crippen LogP contribution in [0.4, 0.5) is 13.2 Å². The SMILES string of the molecule is CC(C)Oc1ccc(-c2noc(C3CC(=O)N(Cc4cccc(C(F)(F)F)c4)C3)n2)cc1. The Balaban J connectivity index is 1.43. The van der Waals surface area contributed by atoms with E-state index < -0.39 is 11.7 Å². The molecule has 0 radical (unpaired) electrons. The molecule has 1 atom stereocenters. The monoisotopic (exact) mass is 445 g/mol. The normalized spacial score (nSPS) is 16.8. The second kappa shape index (κ2) is 8.64. The van der Waals surface area contributed by atoms with Gasteiger partial charge in [-0.2, -0.15) is 18.2 Å². The van der Waals surface area contributed by atoms with Gasteiger partial charge in [-0.15, -0.1) is 0 Å². The van der Waals surface area contributed by atoms with Crippen LogP contribution < -0.4 is 4.74 Å². The van der Waals surface area contributed by atoms with Crippen LogP contribution in [-0.4, -0.2) is 33.6 Å². The molecule has 6 nitrogen and oxygen atoms in total. The first-order chi connectivity index (χ1) is 15.2. The number of hydrogen-bond donors (Lipinski definition) is 0. The number of rotatable bonds is 6. The lowest BCUT2D eigenvalue weighted by molar-refractivity contribution is -0.137. The fraction of sp³-hybridized carbons (Fsp3) is 0.348. The largest absolute Gasteiger partial charge is 0.491 e. The maximum absolute atomic E-state index is 12.9. The second-order valence-corrected chi connectivity index (χ2v) is 8.02. The van der Waals surface area contributed by atoms with Gasteiger partial charge in [0.2, 0.25) is 17.6 Å². The molecule has 168 valence electrons. The van der Waals surface area contributed by atoms with Gasteiger partial charge < -0.3 is 14.2 Å². The van der Waals surface area contributed by atoms with E-state index in [1.165, 1.54) is 11.0 Å². The summed E-state index contributed by atoms with van der Waals surface area (Å²) >= 11 is 0. The summed E-state index contributed by atoms with van der Waals surface area (Å²) in [4.78, 5) is 18.4. The van der Waals surface area contributed by atoms with E-state index in [0.29, 0.717) is 23.8 Å². The third-order valence-corrected chi connectivity index (χ3v) is 5.12. The zero-order valence-corrected chi connectivity index (χ0v) is 17.6. The summed E-state index contributed by atoms with van der Waals surface area (Å²) in [5, 5.41) is 4.01. The van der Waals surface area contributed by atoms with Crippen LogP contribution in [0.5, 0.6) is 5.75 Å². The van der Waals surface area contributed by atoms with E-state index in [4.69, 9.17) is 9.26 Å². The molecule has 1 amide bonds. The van der Waals surface area contributed by atoms with Crippen LogP contribution in [0, 0.1) is 0 Å². The van der Waals surface area contributed by atoms with Gasteiger partial charge in [-0.05, 0) is 55.8 Å². The first-order valence-electron chi connectivity index (χ1n) is 10.2. The van der Waals surface area contributed by atoms with Crippen LogP contribution in [0.15, 0.2) is 53.1 Å². The van der Waals surface area contributed by atoms with Gasteiger partial charge >= 0.3 is 6.18 Å². The Labute approximate surface area is 183 Å². The van der Waals surface area contributed by atoms with Crippen molar-refractivity contribution in [2.75, 3.05) is 6.54 Å². The van der Waals surface area contributed by atoms with E-state index in [9.17, 15) is 18.0 Å². The zero-order chi connectivity index (χ0) is 22.9. The molecule has 0 saturated carbocycles. The van der Waals surface area contributed by atoms with Gasteiger partial charge in [-0.25, -0.2) is 0 Å². The van der Waals surface area contributed by atoms with E-state index in [2.05, 4.69) is 10.1 Å². The maximum atomic E-state index is 12.9. The summed E-state index contributed by atoms with van der Waals surface area (Å²) in [5.74, 6) is 1.00. The average Bonchev–Trinajstić information content (AvgIpc) is 3.35. The molecule has 0 spiro atoms. The number of carbonyl (C=O) groups is 1. The number of amides is 1. The molecule has 4 rings (SSSR count). The summed E-state index contributed by atoms with van der Waals surface area (Å²) in [6.07, 6.45) is -4.19. The third-order valence-electron chi connectivity index (χ3n) is 5.12. The van der Waals surface area contributed by atoms with Gasteiger partial charge in [-0.3, -0.25) is 4.79 Å². The molecule has 1 aromatic heterocycles. The number of likely N-dealkylation sites (tertiary alicyclic amines) is 1. The lowest BCUT2D eigenvalue weighted by Crippen LogP contribution is -2.24. The van der Waals surface area contributed by atoms with Crippen molar-refractivity contribution in [2.45, 2.75) is 45.0 Å². The highest BCUT2D eigenvalue weighted by Gasteiger charge is 2.35. The summed E-state index contributed by atoms with van der Waals surface area (Å²) < 4.78 is 49.8. The second-order valence-electron chi connectivity index (χ2n) is 8.02. The van der Waals surface area contributed by atoms with Crippen molar-refractivity contribution in [1.82, 2.24) is 15.0 Å². The van der Waals surface area contributed by atoms with Crippen molar-refractivity contribution in [3.63, 3.8) is 0 Å². The average molecular weight is 445 g/mol. The van der Waals surface area contributed by atoms with Gasteiger partial charge in [0.25, 0.3) is 0 Å². The Hall–Kier alpha value is -3.36. The highest BCUT2D eigenvalue weighted by atomic mass is 19.4. The number of nitrogens with zero attached hydrogens (tertiary/aromatic N) is 3. The van der Waals surface area contributed by atoms with Gasteiger partial charge in [-0.1, -0.05) is 17.3 Å². The molecule has 2 aromatic carbocycles. The lowest BCUT2D eigenvalue weighted by atomic mass is 10.1. The Bertz CT molecular complexity index is 1090. The van der Waals surface area contributed by atoms with Crippen molar-refractivity contribution < 1.29 is 27.2 Å². The Morgan fingerprint density at radius 3 is 2.62 bits per heavy atom. The molecule has 0 aliphatic carbocycles. The van der Waals surface area contributed by atoms with Crippen LogP contribution in [0.2, 0.25) is 0 Å². The van der Waals surface area contributed by atoms with Gasteiger partial charge in [0.1, 0.15) is 5.75 Å². The Morgan fingerprint density at radius 1 is 1.19 bits per heavy atom. The minimum atomic E-state index is -4.42. The molecule has 1 unspecified atom stereocenters. The van der Waals surface area contributed by atoms with Crippen molar-refractivity contribution in [1.29, 1.82) is 0 Å². The van der Waals surface area contributed by atoms with Crippen molar-refractivity contribution in [3.8, 4) is 17.1 Å². The standard InChI is InChI=1S/C23H22F3N3O3/c1-14(2)31-19-8-6-16(7-9-19)21-27-22(32-28-21)17-11-20(30)29(13-17)12-15-4-3-5-18(10-15)23(24,25)26/h3-10,14,17H,11-13H2,1-2H3. The van der Waals surface area contributed by atoms with Gasteiger partial charge in [0.15, 0.2) is 0 Å². The van der Waals surface area contributed by atoms with Crippen LogP contribution in [0.1, 0.15) is 43.2 Å². The van der Waals surface area contributed by atoms with Crippen molar-refractivity contribution in [2.24, 2.45) is 0 Å². The third kappa shape index (κ3) is 4.92. The number of benzene rings is 2. The zero-order valence-electron chi connectivity index (χ0n) is 17.6. The Morgan fingerprint density at radius 2 is 1.94 bits per heavy atom. The molecule has 1 aliphatic heterocycles. The summed E-state index contributed by atoms with van der Waals surface area (Å²) in [7, 11) is 0. The van der Waals surface area contributed by atoms with Gasteiger partial charge in [0, 0.05) is 25.1 Å². The van der Waals surface area contributed by atoms with Crippen molar-refractivity contribution in [3.05, 3.63) is 65.5 Å². The molecular weight excluding hydrogens is 423 g/mol. The van der Waals surface area contributed by atoms with E-state index in [1.54, 1.807) is 6.07 Å². The molecule has 2 heterocycles. The number of halogens is 3. The molecule has 32 heavy (non-hydrogen) atoms. The number of hydrogen-bond acceptors (Lipinski definition) is 5. The van der Waals surface area contributed by atoms with Crippen LogP contribution in [-0.2, 0) is 17.5 Å². The topological polar surface area (TPSA) is 68.5 Å². The van der Waals surface area contributed by atoms with E-state index in [0.717, 1.165) is 23.4 Å². The smallest absolute Gasteiger partial charge is 0.416 e. The Kier molecular flexibility index (Phi) is 5.90. The highest BCUT2D eigenvalue weighted by molar-refractivity contribution is 5.79. The molecule has 1 aliphatic rings. The molecular formula is C23H22F3N3O3. The number of carbonyl (C=O) groups excluding carboxylic acids is 1. The predicted octanol–water partition coefficient (Wildman–Crippen LogP) is 5.06. The predicted molar refractivity (Wildman–Crippen MR) is 110 cm³/mol. The highest BCUT2D eigenvalue weighted by Crippen LogP contribution is 2.32. The van der Waals surface area contributed by atoms with Crippen LogP contribution >= 0.6 is 0 Å². The quantitative estimate of drug-likeness (QED) is 0.531. The fourth-order valence-corrected chi connectivity index (χ4v) is 3.63. The number of aromatic nitrogens is 2. The first kappa shape index (κ1) is 21.9. The molecule has 3 aromatic rings. The van der Waals surface area contributed by atoms with E-state index >= 15 is 0 Å². The van der Waals surface area contributed by atoms with E-state index in [-0.39, 0.29) is 30.9 Å².